The van der Waals surface area contributed by atoms with Gasteiger partial charge in [0, 0.05) is 17.0 Å². The number of benzene rings is 1. The Morgan fingerprint density at radius 3 is 2.76 bits per heavy atom. The van der Waals surface area contributed by atoms with Gasteiger partial charge in [0.05, 0.1) is 16.6 Å². The van der Waals surface area contributed by atoms with E-state index in [1.165, 1.54) is 25.1 Å². The van der Waals surface area contributed by atoms with E-state index in [1.807, 2.05) is 0 Å². The number of ether oxygens (including phenoxy) is 1. The van der Waals surface area contributed by atoms with Crippen LogP contribution in [0.15, 0.2) is 24.3 Å². The van der Waals surface area contributed by atoms with Crippen molar-refractivity contribution in [1.82, 2.24) is 0 Å². The number of thiophene rings is 1. The number of nitro groups is 1. The van der Waals surface area contributed by atoms with Crippen molar-refractivity contribution in [3.8, 4) is 16.9 Å². The van der Waals surface area contributed by atoms with Crippen LogP contribution in [0.25, 0.3) is 0 Å². The van der Waals surface area contributed by atoms with Crippen LogP contribution in [0.5, 0.6) is 10.8 Å². The summed E-state index contributed by atoms with van der Waals surface area (Å²) in [4.78, 5) is 10.7. The number of nitriles is 1. The van der Waals surface area contributed by atoms with Crippen LogP contribution < -0.4 is 4.74 Å². The van der Waals surface area contributed by atoms with Crippen LogP contribution in [0.4, 0.5) is 10.1 Å². The molecule has 0 saturated carbocycles. The van der Waals surface area contributed by atoms with E-state index in [-0.39, 0.29) is 22.1 Å². The molecule has 1 heterocycles. The lowest BCUT2D eigenvalue weighted by atomic mass is 10.2. The monoisotopic (exact) mass is 308 g/mol. The zero-order valence-electron chi connectivity index (χ0n) is 10.7. The molecule has 2 rings (SSSR count). The summed E-state index contributed by atoms with van der Waals surface area (Å²) in [7, 11) is 0. The first kappa shape index (κ1) is 14.9. The molecular formula is C13H9FN2O4S. The molecule has 0 aliphatic heterocycles. The number of hydrogen-bond acceptors (Lipinski definition) is 6. The highest BCUT2D eigenvalue weighted by atomic mass is 32.1. The maximum absolute atomic E-state index is 13.5. The Morgan fingerprint density at radius 2 is 2.24 bits per heavy atom. The molecule has 8 heteroatoms. The van der Waals surface area contributed by atoms with Gasteiger partial charge in [-0.15, -0.1) is 0 Å². The number of rotatable bonds is 4. The topological polar surface area (TPSA) is 96.4 Å². The Hall–Kier alpha value is -2.50. The van der Waals surface area contributed by atoms with Crippen molar-refractivity contribution in [2.45, 2.75) is 13.0 Å². The van der Waals surface area contributed by atoms with Gasteiger partial charge < -0.3 is 9.84 Å². The maximum atomic E-state index is 13.5. The Balaban J connectivity index is 2.37. The van der Waals surface area contributed by atoms with Crippen LogP contribution in [0.3, 0.4) is 0 Å². The highest BCUT2D eigenvalue weighted by Crippen LogP contribution is 2.42. The van der Waals surface area contributed by atoms with Gasteiger partial charge in [0.25, 0.3) is 5.06 Å². The smallest absolute Gasteiger partial charge is 0.323 e. The Bertz CT molecular complexity index is 736. The summed E-state index contributed by atoms with van der Waals surface area (Å²) in [5.74, 6) is -0.737. The zero-order valence-corrected chi connectivity index (χ0v) is 11.6. The number of hydrogen-bond donors (Lipinski definition) is 1. The minimum atomic E-state index is -0.872. The highest BCUT2D eigenvalue weighted by Gasteiger charge is 2.23. The minimum Gasteiger partial charge on any atom is -0.440 e. The van der Waals surface area contributed by atoms with Gasteiger partial charge in [-0.1, -0.05) is 11.3 Å². The molecule has 1 aromatic carbocycles. The summed E-state index contributed by atoms with van der Waals surface area (Å²) in [6.45, 7) is 1.47. The van der Waals surface area contributed by atoms with Crippen molar-refractivity contribution in [3.63, 3.8) is 0 Å². The molecule has 1 N–H and O–H groups in total. The lowest BCUT2D eigenvalue weighted by Crippen LogP contribution is -1.91. The van der Waals surface area contributed by atoms with Gasteiger partial charge in [-0.3, -0.25) is 10.1 Å². The lowest BCUT2D eigenvalue weighted by molar-refractivity contribution is -0.385. The summed E-state index contributed by atoms with van der Waals surface area (Å²) in [6.07, 6.45) is -0.872. The third-order valence-electron chi connectivity index (χ3n) is 2.58. The van der Waals surface area contributed by atoms with Crippen molar-refractivity contribution in [1.29, 1.82) is 5.26 Å². The third kappa shape index (κ3) is 3.16. The van der Waals surface area contributed by atoms with Gasteiger partial charge in [-0.05, 0) is 19.1 Å². The van der Waals surface area contributed by atoms with Gasteiger partial charge in [0.1, 0.15) is 17.6 Å². The summed E-state index contributed by atoms with van der Waals surface area (Å²) in [6, 6.07) is 6.42. The molecule has 0 aliphatic rings. The molecule has 0 saturated heterocycles. The van der Waals surface area contributed by atoms with Crippen LogP contribution in [-0.2, 0) is 0 Å². The summed E-state index contributed by atoms with van der Waals surface area (Å²) in [5, 5.41) is 29.0. The normalized spacial score (nSPS) is 11.7. The Labute approximate surface area is 122 Å². The molecular weight excluding hydrogens is 299 g/mol. The molecule has 21 heavy (non-hydrogen) atoms. The molecule has 1 aromatic heterocycles. The molecule has 0 bridgehead atoms. The number of nitrogens with zero attached hydrogens (tertiary/aromatic N) is 2. The fourth-order valence-electron chi connectivity index (χ4n) is 1.55. The molecule has 1 unspecified atom stereocenters. The second-order valence-corrected chi connectivity index (χ2v) is 5.16. The average molecular weight is 308 g/mol. The van der Waals surface area contributed by atoms with E-state index >= 15 is 0 Å². The summed E-state index contributed by atoms with van der Waals surface area (Å²) >= 11 is 0.905. The molecule has 108 valence electrons. The highest BCUT2D eigenvalue weighted by molar-refractivity contribution is 7.14. The van der Waals surface area contributed by atoms with E-state index in [9.17, 15) is 19.6 Å². The first-order chi connectivity index (χ1) is 9.92. The number of halogens is 1. The van der Waals surface area contributed by atoms with Gasteiger partial charge >= 0.3 is 5.69 Å². The second-order valence-electron chi connectivity index (χ2n) is 4.11. The zero-order chi connectivity index (χ0) is 15.6. The van der Waals surface area contributed by atoms with Crippen LogP contribution >= 0.6 is 11.3 Å². The van der Waals surface area contributed by atoms with E-state index in [2.05, 4.69) is 0 Å². The van der Waals surface area contributed by atoms with Gasteiger partial charge in [0.15, 0.2) is 0 Å². The average Bonchev–Trinajstić information content (AvgIpc) is 2.83. The quantitative estimate of drug-likeness (QED) is 0.688. The van der Waals surface area contributed by atoms with Crippen molar-refractivity contribution >= 4 is 17.0 Å². The predicted octanol–water partition coefficient (Wildman–Crippen LogP) is 3.51. The van der Waals surface area contributed by atoms with Gasteiger partial charge in [-0.2, -0.15) is 5.26 Å². The van der Waals surface area contributed by atoms with Crippen molar-refractivity contribution in [2.24, 2.45) is 0 Å². The molecule has 0 spiro atoms. The van der Waals surface area contributed by atoms with E-state index in [4.69, 9.17) is 10.00 Å². The molecule has 1 atom stereocenters. The molecule has 2 aromatic rings. The standard InChI is InChI=1S/C13H9FN2O4S/c1-7(17)12-5-11(16(18)19)13(21-12)20-9-3-2-8(6-15)10(14)4-9/h2-5,7,17H,1H3. The lowest BCUT2D eigenvalue weighted by Gasteiger charge is -2.03. The molecule has 0 aliphatic carbocycles. The van der Waals surface area contributed by atoms with Gasteiger partial charge in [-0.25, -0.2) is 4.39 Å². The van der Waals surface area contributed by atoms with Gasteiger partial charge in [0.2, 0.25) is 0 Å². The van der Waals surface area contributed by atoms with Crippen LogP contribution in [0.2, 0.25) is 0 Å². The Kier molecular flexibility index (Phi) is 4.16. The number of aliphatic hydroxyl groups excluding tert-OH is 1. The molecule has 0 fully saturated rings. The van der Waals surface area contributed by atoms with E-state index in [0.29, 0.717) is 4.88 Å². The summed E-state index contributed by atoms with van der Waals surface area (Å²) < 4.78 is 18.8. The first-order valence-electron chi connectivity index (χ1n) is 5.76. The first-order valence-corrected chi connectivity index (χ1v) is 6.57. The van der Waals surface area contributed by atoms with Crippen molar-refractivity contribution in [3.05, 3.63) is 50.6 Å². The van der Waals surface area contributed by atoms with Crippen LogP contribution in [0, 0.1) is 27.3 Å². The number of aliphatic hydroxyl groups is 1. The van der Waals surface area contributed by atoms with Crippen molar-refractivity contribution in [2.75, 3.05) is 0 Å². The minimum absolute atomic E-state index is 0.0357. The molecule has 0 amide bonds. The molecule has 6 nitrogen and oxygen atoms in total. The largest absolute Gasteiger partial charge is 0.440 e. The van der Waals surface area contributed by atoms with E-state index < -0.39 is 16.8 Å². The van der Waals surface area contributed by atoms with Crippen LogP contribution in [-0.4, -0.2) is 10.0 Å². The maximum Gasteiger partial charge on any atom is 0.323 e. The second kappa shape index (κ2) is 5.87. The Morgan fingerprint density at radius 1 is 1.52 bits per heavy atom. The van der Waals surface area contributed by atoms with E-state index in [0.717, 1.165) is 17.4 Å². The third-order valence-corrected chi connectivity index (χ3v) is 3.75. The van der Waals surface area contributed by atoms with Crippen LogP contribution in [0.1, 0.15) is 23.5 Å². The van der Waals surface area contributed by atoms with E-state index in [1.54, 1.807) is 6.07 Å². The fraction of sp³-hybridized carbons (Fsp3) is 0.154. The molecule has 0 radical (unpaired) electrons. The fourth-order valence-corrected chi connectivity index (χ4v) is 2.48. The summed E-state index contributed by atoms with van der Waals surface area (Å²) in [5.41, 5.74) is -0.451. The predicted molar refractivity (Wildman–Crippen MR) is 72.8 cm³/mol. The SMILES string of the molecule is CC(O)c1cc([N+](=O)[O-])c(Oc2ccc(C#N)c(F)c2)s1. The van der Waals surface area contributed by atoms with Crippen molar-refractivity contribution < 1.29 is 19.2 Å².